The fraction of sp³-hybridized carbons (Fsp3) is 0.308. The normalized spacial score (nSPS) is 17.1. The number of benzene rings is 1. The third-order valence-electron chi connectivity index (χ3n) is 2.88. The van der Waals surface area contributed by atoms with Gasteiger partial charge in [0.15, 0.2) is 0 Å². The molecule has 0 bridgehead atoms. The second kappa shape index (κ2) is 4.08. The summed E-state index contributed by atoms with van der Waals surface area (Å²) in [6.07, 6.45) is 1.46. The van der Waals surface area contributed by atoms with Gasteiger partial charge < -0.3 is 15.8 Å². The van der Waals surface area contributed by atoms with Gasteiger partial charge in [0.25, 0.3) is 6.02 Å². The molecule has 0 saturated carbocycles. The summed E-state index contributed by atoms with van der Waals surface area (Å²) >= 11 is 0. The highest BCUT2D eigenvalue weighted by Gasteiger charge is 2.26. The Morgan fingerprint density at radius 1 is 1.32 bits per heavy atom. The Kier molecular flexibility index (Phi) is 2.51. The van der Waals surface area contributed by atoms with Crippen LogP contribution in [0.15, 0.2) is 29.5 Å². The second-order valence-electron chi connectivity index (χ2n) is 5.13. The van der Waals surface area contributed by atoms with E-state index in [1.807, 2.05) is 32.0 Å². The van der Waals surface area contributed by atoms with Gasteiger partial charge in [-0.15, -0.1) is 0 Å². The van der Waals surface area contributed by atoms with Gasteiger partial charge in [-0.2, -0.15) is 0 Å². The first-order chi connectivity index (χ1) is 9.03. The number of nitrogens with zero attached hydrogens (tertiary/aromatic N) is 3. The lowest BCUT2D eigenvalue weighted by atomic mass is 10.1. The first kappa shape index (κ1) is 11.7. The predicted octanol–water partition coefficient (Wildman–Crippen LogP) is 1.79. The third kappa shape index (κ3) is 2.29. The van der Waals surface area contributed by atoms with Gasteiger partial charge in [0.1, 0.15) is 18.8 Å². The SMILES string of the molecule is CC1(C)COC(Nc2ccc3ncnc(N)c3c2)=N1. The van der Waals surface area contributed by atoms with E-state index in [9.17, 15) is 0 Å². The van der Waals surface area contributed by atoms with Crippen LogP contribution in [0.1, 0.15) is 13.8 Å². The molecule has 1 aromatic carbocycles. The maximum atomic E-state index is 5.84. The predicted molar refractivity (Wildman–Crippen MR) is 75.0 cm³/mol. The van der Waals surface area contributed by atoms with Gasteiger partial charge in [-0.05, 0) is 32.0 Å². The molecule has 1 aliphatic heterocycles. The first-order valence-corrected chi connectivity index (χ1v) is 6.03. The summed E-state index contributed by atoms with van der Waals surface area (Å²) in [5.41, 5.74) is 7.32. The zero-order valence-electron chi connectivity index (χ0n) is 10.8. The zero-order valence-corrected chi connectivity index (χ0v) is 10.8. The third-order valence-corrected chi connectivity index (χ3v) is 2.88. The zero-order chi connectivity index (χ0) is 13.5. The number of nitrogen functional groups attached to an aromatic ring is 1. The lowest BCUT2D eigenvalue weighted by Crippen LogP contribution is -2.17. The van der Waals surface area contributed by atoms with Gasteiger partial charge in [0, 0.05) is 11.1 Å². The van der Waals surface area contributed by atoms with Crippen LogP contribution in [0, 0.1) is 0 Å². The summed E-state index contributed by atoms with van der Waals surface area (Å²) in [7, 11) is 0. The number of nitrogens with two attached hydrogens (primary N) is 1. The molecule has 0 spiro atoms. The van der Waals surface area contributed by atoms with Gasteiger partial charge >= 0.3 is 0 Å². The average molecular weight is 257 g/mol. The Hall–Kier alpha value is -2.37. The second-order valence-corrected chi connectivity index (χ2v) is 5.13. The summed E-state index contributed by atoms with van der Waals surface area (Å²) in [4.78, 5) is 12.6. The molecule has 3 rings (SSSR count). The lowest BCUT2D eigenvalue weighted by Gasteiger charge is -2.07. The number of nitrogens with one attached hydrogen (secondary N) is 1. The molecule has 0 atom stereocenters. The van der Waals surface area contributed by atoms with Crippen LogP contribution in [-0.4, -0.2) is 28.1 Å². The standard InChI is InChI=1S/C13H15N5O/c1-13(2)6-19-12(18-13)17-8-3-4-10-9(5-8)11(14)16-7-15-10/h3-5,7H,6H2,1-2H3,(H,17,18)(H2,14,15,16). The van der Waals surface area contributed by atoms with Crippen molar-refractivity contribution in [2.45, 2.75) is 19.4 Å². The largest absolute Gasteiger partial charge is 0.462 e. The maximum Gasteiger partial charge on any atom is 0.289 e. The Labute approximate surface area is 110 Å². The van der Waals surface area contributed by atoms with Crippen LogP contribution in [0.5, 0.6) is 0 Å². The molecule has 0 radical (unpaired) electrons. The van der Waals surface area contributed by atoms with Crippen molar-refractivity contribution in [1.82, 2.24) is 9.97 Å². The highest BCUT2D eigenvalue weighted by molar-refractivity contribution is 5.95. The van der Waals surface area contributed by atoms with Crippen LogP contribution in [0.25, 0.3) is 10.9 Å². The van der Waals surface area contributed by atoms with E-state index in [0.717, 1.165) is 16.6 Å². The molecule has 6 heteroatoms. The molecule has 1 aromatic heterocycles. The Balaban J connectivity index is 1.92. The van der Waals surface area contributed by atoms with Crippen LogP contribution in [-0.2, 0) is 4.74 Å². The van der Waals surface area contributed by atoms with E-state index in [1.165, 1.54) is 6.33 Å². The quantitative estimate of drug-likeness (QED) is 0.813. The van der Waals surface area contributed by atoms with Crippen molar-refractivity contribution >= 4 is 28.4 Å². The Bertz CT molecular complexity index is 665. The Morgan fingerprint density at radius 3 is 2.89 bits per heavy atom. The molecule has 2 heterocycles. The molecule has 0 amide bonds. The maximum absolute atomic E-state index is 5.84. The van der Waals surface area contributed by atoms with Crippen LogP contribution < -0.4 is 11.1 Å². The number of fused-ring (bicyclic) bond motifs is 1. The number of hydrogen-bond donors (Lipinski definition) is 2. The van der Waals surface area contributed by atoms with Crippen molar-refractivity contribution in [3.63, 3.8) is 0 Å². The Morgan fingerprint density at radius 2 is 2.16 bits per heavy atom. The summed E-state index contributed by atoms with van der Waals surface area (Å²) in [6.45, 7) is 4.62. The van der Waals surface area contributed by atoms with E-state index in [-0.39, 0.29) is 5.54 Å². The van der Waals surface area contributed by atoms with E-state index in [0.29, 0.717) is 18.4 Å². The van der Waals surface area contributed by atoms with Gasteiger partial charge in [-0.25, -0.2) is 15.0 Å². The van der Waals surface area contributed by atoms with Gasteiger partial charge in [0.05, 0.1) is 11.1 Å². The van der Waals surface area contributed by atoms with Crippen molar-refractivity contribution < 1.29 is 4.74 Å². The summed E-state index contributed by atoms with van der Waals surface area (Å²) < 4.78 is 5.49. The average Bonchev–Trinajstić information content (AvgIpc) is 2.70. The van der Waals surface area contributed by atoms with Crippen molar-refractivity contribution in [2.75, 3.05) is 17.7 Å². The van der Waals surface area contributed by atoms with Crippen molar-refractivity contribution in [1.29, 1.82) is 0 Å². The molecule has 98 valence electrons. The number of amidine groups is 1. The highest BCUT2D eigenvalue weighted by atomic mass is 16.5. The molecule has 2 aromatic rings. The number of anilines is 2. The molecule has 1 aliphatic rings. The van der Waals surface area contributed by atoms with Crippen LogP contribution >= 0.6 is 0 Å². The minimum atomic E-state index is -0.179. The van der Waals surface area contributed by atoms with E-state index in [4.69, 9.17) is 10.5 Å². The topological polar surface area (TPSA) is 85.4 Å². The fourth-order valence-corrected chi connectivity index (χ4v) is 1.93. The molecule has 0 saturated heterocycles. The summed E-state index contributed by atoms with van der Waals surface area (Å²) in [5.74, 6) is 0.461. The molecule has 0 aliphatic carbocycles. The van der Waals surface area contributed by atoms with Gasteiger partial charge in [-0.1, -0.05) is 0 Å². The van der Waals surface area contributed by atoms with E-state index in [1.54, 1.807) is 0 Å². The molecule has 3 N–H and O–H groups in total. The summed E-state index contributed by atoms with van der Waals surface area (Å²) in [6, 6.07) is 6.21. The smallest absolute Gasteiger partial charge is 0.289 e. The summed E-state index contributed by atoms with van der Waals surface area (Å²) in [5, 5.41) is 3.94. The minimum Gasteiger partial charge on any atom is -0.462 e. The molecule has 19 heavy (non-hydrogen) atoms. The number of ether oxygens (including phenoxy) is 1. The van der Waals surface area contributed by atoms with Gasteiger partial charge in [-0.3, -0.25) is 0 Å². The van der Waals surface area contributed by atoms with Gasteiger partial charge in [0.2, 0.25) is 0 Å². The van der Waals surface area contributed by atoms with Crippen LogP contribution in [0.2, 0.25) is 0 Å². The van der Waals surface area contributed by atoms with E-state index >= 15 is 0 Å². The first-order valence-electron chi connectivity index (χ1n) is 6.03. The van der Waals surface area contributed by atoms with Crippen LogP contribution in [0.4, 0.5) is 11.5 Å². The van der Waals surface area contributed by atoms with Crippen molar-refractivity contribution in [2.24, 2.45) is 4.99 Å². The number of aromatic nitrogens is 2. The number of hydrogen-bond acceptors (Lipinski definition) is 6. The minimum absolute atomic E-state index is 0.179. The van der Waals surface area contributed by atoms with Crippen molar-refractivity contribution in [3.8, 4) is 0 Å². The molecule has 0 unspecified atom stereocenters. The fourth-order valence-electron chi connectivity index (χ4n) is 1.93. The van der Waals surface area contributed by atoms with E-state index < -0.39 is 0 Å². The molecular formula is C13H15N5O. The van der Waals surface area contributed by atoms with Crippen molar-refractivity contribution in [3.05, 3.63) is 24.5 Å². The monoisotopic (exact) mass is 257 g/mol. The molecular weight excluding hydrogens is 242 g/mol. The molecule has 0 fully saturated rings. The number of aliphatic imine (C=N–C) groups is 1. The van der Waals surface area contributed by atoms with E-state index in [2.05, 4.69) is 20.3 Å². The highest BCUT2D eigenvalue weighted by Crippen LogP contribution is 2.23. The van der Waals surface area contributed by atoms with Crippen LogP contribution in [0.3, 0.4) is 0 Å². The molecule has 6 nitrogen and oxygen atoms in total. The lowest BCUT2D eigenvalue weighted by molar-refractivity contribution is 0.278. The number of rotatable bonds is 1.